The van der Waals surface area contributed by atoms with Gasteiger partial charge in [-0.05, 0) is 12.1 Å². The minimum Gasteiger partial charge on any atom is -0.494 e. The highest BCUT2D eigenvalue weighted by molar-refractivity contribution is 5.85. The first-order valence-corrected chi connectivity index (χ1v) is 3.08. The molecule has 0 atom stereocenters. The molecule has 1 aromatic rings. The van der Waals surface area contributed by atoms with Gasteiger partial charge in [0.25, 0.3) is 0 Å². The van der Waals surface area contributed by atoms with Crippen molar-refractivity contribution in [1.29, 1.82) is 0 Å². The lowest BCUT2D eigenvalue weighted by atomic mass is 10.3. The van der Waals surface area contributed by atoms with Crippen molar-refractivity contribution in [3.63, 3.8) is 0 Å². The van der Waals surface area contributed by atoms with Crippen LogP contribution in [0.3, 0.4) is 0 Å². The summed E-state index contributed by atoms with van der Waals surface area (Å²) < 4.78 is 17.4. The quantitative estimate of drug-likeness (QED) is 0.552. The third-order valence-electron chi connectivity index (χ3n) is 1.32. The SMILES string of the molecule is COc1cc(F)ccc1NN.Cl. The van der Waals surface area contributed by atoms with Gasteiger partial charge in [0, 0.05) is 6.07 Å². The van der Waals surface area contributed by atoms with Crippen molar-refractivity contribution in [2.45, 2.75) is 0 Å². The molecule has 1 rings (SSSR count). The standard InChI is InChI=1S/C7H9FN2O.ClH/c1-11-7-4-5(8)2-3-6(7)10-9;/h2-4,10H,9H2,1H3;1H. The first kappa shape index (κ1) is 11.0. The summed E-state index contributed by atoms with van der Waals surface area (Å²) in [5.74, 6) is 5.17. The molecular weight excluding hydrogens is 183 g/mol. The van der Waals surface area contributed by atoms with Crippen molar-refractivity contribution in [2.24, 2.45) is 5.84 Å². The molecule has 0 heterocycles. The number of hydrazine groups is 1. The van der Waals surface area contributed by atoms with E-state index >= 15 is 0 Å². The molecule has 5 heteroatoms. The minimum absolute atomic E-state index is 0. The van der Waals surface area contributed by atoms with Crippen molar-refractivity contribution in [2.75, 3.05) is 12.5 Å². The van der Waals surface area contributed by atoms with Gasteiger partial charge in [-0.2, -0.15) is 0 Å². The Kier molecular flexibility index (Phi) is 4.39. The van der Waals surface area contributed by atoms with Crippen LogP contribution in [0.4, 0.5) is 10.1 Å². The monoisotopic (exact) mass is 192 g/mol. The molecule has 0 aliphatic rings. The van der Waals surface area contributed by atoms with Crippen LogP contribution in [0.25, 0.3) is 0 Å². The van der Waals surface area contributed by atoms with Gasteiger partial charge in [-0.3, -0.25) is 5.84 Å². The Morgan fingerprint density at radius 3 is 2.67 bits per heavy atom. The summed E-state index contributed by atoms with van der Waals surface area (Å²) in [6.07, 6.45) is 0. The number of nitrogens with two attached hydrogens (primary N) is 1. The molecular formula is C7H10ClFN2O. The van der Waals surface area contributed by atoms with E-state index in [9.17, 15) is 4.39 Å². The minimum atomic E-state index is -0.346. The molecule has 0 unspecified atom stereocenters. The van der Waals surface area contributed by atoms with Crippen molar-refractivity contribution in [3.05, 3.63) is 24.0 Å². The maximum Gasteiger partial charge on any atom is 0.146 e. The van der Waals surface area contributed by atoms with E-state index in [1.807, 2.05) is 0 Å². The Balaban J connectivity index is 0.00000121. The highest BCUT2D eigenvalue weighted by Crippen LogP contribution is 2.23. The number of ether oxygens (including phenoxy) is 1. The zero-order valence-corrected chi connectivity index (χ0v) is 7.32. The van der Waals surface area contributed by atoms with Gasteiger partial charge in [0.05, 0.1) is 12.8 Å². The second-order valence-corrected chi connectivity index (χ2v) is 1.99. The Morgan fingerprint density at radius 1 is 1.50 bits per heavy atom. The van der Waals surface area contributed by atoms with Crippen molar-refractivity contribution in [3.8, 4) is 5.75 Å². The molecule has 0 saturated carbocycles. The molecule has 3 nitrogen and oxygen atoms in total. The fourth-order valence-electron chi connectivity index (χ4n) is 0.784. The van der Waals surface area contributed by atoms with Crippen LogP contribution in [0, 0.1) is 5.82 Å². The van der Waals surface area contributed by atoms with Crippen molar-refractivity contribution in [1.82, 2.24) is 0 Å². The number of benzene rings is 1. The zero-order chi connectivity index (χ0) is 8.27. The van der Waals surface area contributed by atoms with E-state index in [2.05, 4.69) is 5.43 Å². The highest BCUT2D eigenvalue weighted by Gasteiger charge is 2.00. The van der Waals surface area contributed by atoms with E-state index < -0.39 is 0 Å². The molecule has 0 fully saturated rings. The molecule has 68 valence electrons. The van der Waals surface area contributed by atoms with Gasteiger partial charge in [-0.15, -0.1) is 12.4 Å². The molecule has 0 amide bonds. The Hall–Kier alpha value is -1.00. The maximum absolute atomic E-state index is 12.5. The second kappa shape index (κ2) is 4.79. The summed E-state index contributed by atoms with van der Waals surface area (Å²) >= 11 is 0. The predicted molar refractivity (Wildman–Crippen MR) is 48.0 cm³/mol. The van der Waals surface area contributed by atoms with Crippen LogP contribution < -0.4 is 16.0 Å². The van der Waals surface area contributed by atoms with E-state index in [0.717, 1.165) is 0 Å². The molecule has 3 N–H and O–H groups in total. The van der Waals surface area contributed by atoms with E-state index in [-0.39, 0.29) is 18.2 Å². The summed E-state index contributed by atoms with van der Waals surface area (Å²) in [6.45, 7) is 0. The molecule has 0 spiro atoms. The van der Waals surface area contributed by atoms with E-state index in [1.54, 1.807) is 0 Å². The van der Waals surface area contributed by atoms with E-state index in [0.29, 0.717) is 11.4 Å². The molecule has 0 bridgehead atoms. The lowest BCUT2D eigenvalue weighted by Crippen LogP contribution is -2.08. The Bertz CT molecular complexity index is 257. The summed E-state index contributed by atoms with van der Waals surface area (Å²) in [5, 5.41) is 0. The van der Waals surface area contributed by atoms with Crippen LogP contribution in [0.5, 0.6) is 5.75 Å². The van der Waals surface area contributed by atoms with Crippen LogP contribution in [0.2, 0.25) is 0 Å². The number of rotatable bonds is 2. The number of nitrogen functional groups attached to an aromatic ring is 1. The first-order chi connectivity index (χ1) is 5.27. The Morgan fingerprint density at radius 2 is 2.17 bits per heavy atom. The lowest BCUT2D eigenvalue weighted by molar-refractivity contribution is 0.413. The van der Waals surface area contributed by atoms with Gasteiger partial charge in [0.1, 0.15) is 11.6 Å². The van der Waals surface area contributed by atoms with E-state index in [4.69, 9.17) is 10.6 Å². The number of hydrogen-bond acceptors (Lipinski definition) is 3. The molecule has 0 aliphatic heterocycles. The average molecular weight is 193 g/mol. The molecule has 0 aliphatic carbocycles. The summed E-state index contributed by atoms with van der Waals surface area (Å²) in [6, 6.07) is 4.07. The smallest absolute Gasteiger partial charge is 0.146 e. The van der Waals surface area contributed by atoms with E-state index in [1.165, 1.54) is 25.3 Å². The zero-order valence-electron chi connectivity index (χ0n) is 6.50. The third-order valence-corrected chi connectivity index (χ3v) is 1.32. The van der Waals surface area contributed by atoms with Crippen molar-refractivity contribution >= 4 is 18.1 Å². The molecule has 12 heavy (non-hydrogen) atoms. The Labute approximate surface area is 76.1 Å². The second-order valence-electron chi connectivity index (χ2n) is 1.99. The lowest BCUT2D eigenvalue weighted by Gasteiger charge is -2.06. The number of nitrogens with one attached hydrogen (secondary N) is 1. The predicted octanol–water partition coefficient (Wildman–Crippen LogP) is 1.54. The number of anilines is 1. The number of halogens is 2. The van der Waals surface area contributed by atoms with Crippen molar-refractivity contribution < 1.29 is 9.13 Å². The third kappa shape index (κ3) is 2.25. The molecule has 1 aromatic carbocycles. The largest absolute Gasteiger partial charge is 0.494 e. The summed E-state index contributed by atoms with van der Waals surface area (Å²) in [4.78, 5) is 0. The van der Waals surface area contributed by atoms with Gasteiger partial charge < -0.3 is 10.2 Å². The van der Waals surface area contributed by atoms with Crippen LogP contribution in [0.15, 0.2) is 18.2 Å². The number of methoxy groups -OCH3 is 1. The van der Waals surface area contributed by atoms with Crippen LogP contribution in [-0.2, 0) is 0 Å². The van der Waals surface area contributed by atoms with Gasteiger partial charge in [-0.1, -0.05) is 0 Å². The average Bonchev–Trinajstić information content (AvgIpc) is 2.04. The van der Waals surface area contributed by atoms with Crippen LogP contribution >= 0.6 is 12.4 Å². The van der Waals surface area contributed by atoms with Crippen LogP contribution in [0.1, 0.15) is 0 Å². The summed E-state index contributed by atoms with van der Waals surface area (Å²) in [7, 11) is 1.45. The highest BCUT2D eigenvalue weighted by atomic mass is 35.5. The van der Waals surface area contributed by atoms with Crippen LogP contribution in [-0.4, -0.2) is 7.11 Å². The maximum atomic E-state index is 12.5. The molecule has 0 saturated heterocycles. The summed E-state index contributed by atoms with van der Waals surface area (Å²) in [5.41, 5.74) is 2.95. The number of hydrogen-bond donors (Lipinski definition) is 2. The fraction of sp³-hybridized carbons (Fsp3) is 0.143. The van der Waals surface area contributed by atoms with Gasteiger partial charge >= 0.3 is 0 Å². The molecule has 0 aromatic heterocycles. The van der Waals surface area contributed by atoms with Gasteiger partial charge in [0.2, 0.25) is 0 Å². The first-order valence-electron chi connectivity index (χ1n) is 3.08. The molecule has 0 radical (unpaired) electrons. The normalized spacial score (nSPS) is 8.58. The topological polar surface area (TPSA) is 47.3 Å². The van der Waals surface area contributed by atoms with Gasteiger partial charge in [-0.25, -0.2) is 4.39 Å². The fourth-order valence-corrected chi connectivity index (χ4v) is 0.784. The van der Waals surface area contributed by atoms with Gasteiger partial charge in [0.15, 0.2) is 0 Å².